The monoisotopic (exact) mass is 418 g/mol. The zero-order valence-electron chi connectivity index (χ0n) is 16.9. The molecule has 4 N–H and O–H groups in total. The number of aliphatic hydroxyl groups excluding tert-OH is 2. The predicted octanol–water partition coefficient (Wildman–Crippen LogP) is 3.79. The second-order valence-corrected chi connectivity index (χ2v) is 7.77. The van der Waals surface area contributed by atoms with E-state index in [4.69, 9.17) is 15.1 Å². The second-order valence-electron chi connectivity index (χ2n) is 7.77. The summed E-state index contributed by atoms with van der Waals surface area (Å²) < 4.78 is 5.68. The summed E-state index contributed by atoms with van der Waals surface area (Å²) in [5.41, 5.74) is 8.02. The van der Waals surface area contributed by atoms with E-state index in [0.717, 1.165) is 30.8 Å². The van der Waals surface area contributed by atoms with Crippen molar-refractivity contribution < 1.29 is 14.6 Å². The molecule has 1 aliphatic carbocycles. The molecule has 0 bridgehead atoms. The summed E-state index contributed by atoms with van der Waals surface area (Å²) in [6, 6.07) is 10.3. The van der Waals surface area contributed by atoms with E-state index >= 15 is 0 Å². The Morgan fingerprint density at radius 2 is 1.93 bits per heavy atom. The Balaban J connectivity index is 0.00000300. The van der Waals surface area contributed by atoms with Gasteiger partial charge in [-0.3, -0.25) is 0 Å². The molecule has 1 aliphatic rings. The summed E-state index contributed by atoms with van der Waals surface area (Å²) in [5, 5.41) is 19.2. The fourth-order valence-electron chi connectivity index (χ4n) is 3.57. The average molecular weight is 419 g/mol. The lowest BCUT2D eigenvalue weighted by Crippen LogP contribution is -2.48. The molecule has 6 heteroatoms. The molecule has 0 fully saturated rings. The summed E-state index contributed by atoms with van der Waals surface area (Å²) in [7, 11) is 0. The molecular weight excluding hydrogens is 388 g/mol. The van der Waals surface area contributed by atoms with E-state index in [1.54, 1.807) is 6.26 Å². The number of halogens is 1. The highest BCUT2D eigenvalue weighted by molar-refractivity contribution is 5.85. The van der Waals surface area contributed by atoms with E-state index in [1.165, 1.54) is 11.1 Å². The average Bonchev–Trinajstić information content (AvgIpc) is 3.23. The number of rotatable bonds is 9. The third kappa shape index (κ3) is 5.37. The van der Waals surface area contributed by atoms with Gasteiger partial charge in [0, 0.05) is 11.8 Å². The minimum atomic E-state index is -1.000. The van der Waals surface area contributed by atoms with Gasteiger partial charge in [0.1, 0.15) is 6.26 Å². The van der Waals surface area contributed by atoms with Crippen LogP contribution < -0.4 is 5.73 Å². The first-order valence-electron chi connectivity index (χ1n) is 9.94. The molecule has 0 saturated heterocycles. The highest BCUT2D eigenvalue weighted by Crippen LogP contribution is 2.40. The Morgan fingerprint density at radius 3 is 2.52 bits per heavy atom. The van der Waals surface area contributed by atoms with Crippen molar-refractivity contribution in [3.8, 4) is 0 Å². The zero-order valence-corrected chi connectivity index (χ0v) is 17.7. The molecule has 1 atom stereocenters. The lowest BCUT2D eigenvalue weighted by molar-refractivity contribution is 0.108. The van der Waals surface area contributed by atoms with Crippen LogP contribution in [0.25, 0.3) is 5.57 Å². The van der Waals surface area contributed by atoms with Crippen LogP contribution >= 0.6 is 12.4 Å². The SMILES string of the molecule is CCCc1nc(C2(CCC(N)(CO)CO)C=CC(c3ccccc3)=CC2)co1.Cl. The first-order chi connectivity index (χ1) is 13.5. The molecule has 0 aliphatic heterocycles. The number of aliphatic hydroxyl groups is 2. The normalized spacial score (nSPS) is 19.0. The highest BCUT2D eigenvalue weighted by atomic mass is 35.5. The molecule has 158 valence electrons. The fourth-order valence-corrected chi connectivity index (χ4v) is 3.57. The smallest absolute Gasteiger partial charge is 0.194 e. The first-order valence-corrected chi connectivity index (χ1v) is 9.94. The van der Waals surface area contributed by atoms with Gasteiger partial charge >= 0.3 is 0 Å². The fraction of sp³-hybridized carbons (Fsp3) is 0.435. The molecule has 3 rings (SSSR count). The van der Waals surface area contributed by atoms with Gasteiger partial charge in [0.15, 0.2) is 5.89 Å². The number of hydrogen-bond acceptors (Lipinski definition) is 5. The molecule has 1 unspecified atom stereocenters. The minimum absolute atomic E-state index is 0. The molecule has 29 heavy (non-hydrogen) atoms. The highest BCUT2D eigenvalue weighted by Gasteiger charge is 2.36. The molecule has 2 aromatic rings. The largest absolute Gasteiger partial charge is 0.449 e. The van der Waals surface area contributed by atoms with Crippen LogP contribution in [0.3, 0.4) is 0 Å². The van der Waals surface area contributed by atoms with Crippen molar-refractivity contribution >= 4 is 18.0 Å². The molecular formula is C23H31ClN2O3. The van der Waals surface area contributed by atoms with Crippen LogP contribution in [0.5, 0.6) is 0 Å². The lowest BCUT2D eigenvalue weighted by atomic mass is 9.71. The first kappa shape index (κ1) is 23.4. The number of aromatic nitrogens is 1. The Labute approximate surface area is 178 Å². The second kappa shape index (κ2) is 10.2. The Morgan fingerprint density at radius 1 is 1.21 bits per heavy atom. The van der Waals surface area contributed by atoms with E-state index < -0.39 is 5.54 Å². The third-order valence-electron chi connectivity index (χ3n) is 5.60. The van der Waals surface area contributed by atoms with E-state index in [9.17, 15) is 10.2 Å². The van der Waals surface area contributed by atoms with Crippen LogP contribution in [0.2, 0.25) is 0 Å². The van der Waals surface area contributed by atoms with Crippen molar-refractivity contribution in [1.82, 2.24) is 4.98 Å². The van der Waals surface area contributed by atoms with Gasteiger partial charge < -0.3 is 20.4 Å². The summed E-state index contributed by atoms with van der Waals surface area (Å²) >= 11 is 0. The number of aryl methyl sites for hydroxylation is 1. The van der Waals surface area contributed by atoms with Gasteiger partial charge in [0.05, 0.1) is 24.4 Å². The molecule has 1 aromatic carbocycles. The van der Waals surface area contributed by atoms with E-state index in [2.05, 4.69) is 37.3 Å². The summed E-state index contributed by atoms with van der Waals surface area (Å²) in [5.74, 6) is 0.742. The van der Waals surface area contributed by atoms with Gasteiger partial charge in [-0.15, -0.1) is 12.4 Å². The molecule has 1 aromatic heterocycles. The van der Waals surface area contributed by atoms with Crippen LogP contribution in [0.15, 0.2) is 59.2 Å². The predicted molar refractivity (Wildman–Crippen MR) is 118 cm³/mol. The van der Waals surface area contributed by atoms with Gasteiger partial charge in [-0.1, -0.05) is 55.5 Å². The third-order valence-corrected chi connectivity index (χ3v) is 5.60. The van der Waals surface area contributed by atoms with Crippen LogP contribution in [0.4, 0.5) is 0 Å². The van der Waals surface area contributed by atoms with Crippen molar-refractivity contribution in [2.75, 3.05) is 13.2 Å². The number of nitrogens with zero attached hydrogens (tertiary/aromatic N) is 1. The van der Waals surface area contributed by atoms with Gasteiger partial charge in [0.2, 0.25) is 0 Å². The standard InChI is InChI=1S/C23H30N2O3.ClH/c1-2-6-21-25-20(15-28-21)22(13-14-23(24,16-26)17-27)11-9-19(10-12-22)18-7-4-3-5-8-18;/h3-5,7-11,15,26-27H,2,6,12-14,16-17,24H2,1H3;1H. The Bertz CT molecular complexity index is 828. The molecule has 5 nitrogen and oxygen atoms in total. The van der Waals surface area contributed by atoms with E-state index in [0.29, 0.717) is 12.8 Å². The topological polar surface area (TPSA) is 92.5 Å². The zero-order chi connectivity index (χ0) is 20.0. The number of benzene rings is 1. The summed E-state index contributed by atoms with van der Waals surface area (Å²) in [6.45, 7) is 1.59. The maximum Gasteiger partial charge on any atom is 0.194 e. The van der Waals surface area contributed by atoms with E-state index in [-0.39, 0.29) is 31.0 Å². The van der Waals surface area contributed by atoms with Gasteiger partial charge in [-0.05, 0) is 36.8 Å². The quantitative estimate of drug-likeness (QED) is 0.576. The summed E-state index contributed by atoms with van der Waals surface area (Å²) in [4.78, 5) is 4.73. The lowest BCUT2D eigenvalue weighted by Gasteiger charge is -2.34. The Hall–Kier alpha value is -1.92. The maximum absolute atomic E-state index is 9.59. The van der Waals surface area contributed by atoms with Crippen LogP contribution in [-0.4, -0.2) is 33.9 Å². The number of oxazole rings is 1. The molecule has 0 amide bonds. The van der Waals surface area contributed by atoms with Crippen molar-refractivity contribution in [3.05, 3.63) is 72.0 Å². The number of nitrogens with two attached hydrogens (primary N) is 1. The molecule has 0 radical (unpaired) electrons. The Kier molecular flexibility index (Phi) is 8.23. The van der Waals surface area contributed by atoms with Crippen molar-refractivity contribution in [1.29, 1.82) is 0 Å². The van der Waals surface area contributed by atoms with Crippen LogP contribution in [0, 0.1) is 0 Å². The van der Waals surface area contributed by atoms with Crippen LogP contribution in [0.1, 0.15) is 49.8 Å². The van der Waals surface area contributed by atoms with Gasteiger partial charge in [-0.25, -0.2) is 4.98 Å². The van der Waals surface area contributed by atoms with Crippen LogP contribution in [-0.2, 0) is 11.8 Å². The molecule has 0 saturated carbocycles. The molecule has 1 heterocycles. The van der Waals surface area contributed by atoms with Crippen molar-refractivity contribution in [2.24, 2.45) is 5.73 Å². The summed E-state index contributed by atoms with van der Waals surface area (Å²) in [6.07, 6.45) is 12.0. The van der Waals surface area contributed by atoms with Crippen molar-refractivity contribution in [3.63, 3.8) is 0 Å². The minimum Gasteiger partial charge on any atom is -0.449 e. The van der Waals surface area contributed by atoms with Gasteiger partial charge in [0.25, 0.3) is 0 Å². The van der Waals surface area contributed by atoms with E-state index in [1.807, 2.05) is 18.2 Å². The maximum atomic E-state index is 9.59. The number of hydrogen-bond donors (Lipinski definition) is 3. The van der Waals surface area contributed by atoms with Crippen molar-refractivity contribution in [2.45, 2.75) is 50.0 Å². The van der Waals surface area contributed by atoms with Gasteiger partial charge in [-0.2, -0.15) is 0 Å². The molecule has 0 spiro atoms. The number of allylic oxidation sites excluding steroid dienone is 4.